The van der Waals surface area contributed by atoms with Gasteiger partial charge < -0.3 is 9.73 Å². The first kappa shape index (κ1) is 12.9. The second kappa shape index (κ2) is 4.87. The van der Waals surface area contributed by atoms with Crippen LogP contribution in [0.2, 0.25) is 0 Å². The topological polar surface area (TPSA) is 38.1 Å². The highest BCUT2D eigenvalue weighted by Gasteiger charge is 2.66. The Balaban J connectivity index is 1.31. The van der Waals surface area contributed by atoms with Crippen LogP contribution in [0.4, 0.5) is 0 Å². The van der Waals surface area contributed by atoms with Crippen molar-refractivity contribution >= 4 is 0 Å². The Kier molecular flexibility index (Phi) is 3.13. The molecule has 20 heavy (non-hydrogen) atoms. The van der Waals surface area contributed by atoms with Crippen LogP contribution in [0.15, 0.2) is 10.6 Å². The SMILES string of the molecule is CC(C)CNCCc1ncc(C2C3C4CCC(C4)C23)o1. The first-order chi connectivity index (χ1) is 9.74. The van der Waals surface area contributed by atoms with Crippen molar-refractivity contribution in [2.45, 2.75) is 45.4 Å². The molecular formula is C17H26N2O. The van der Waals surface area contributed by atoms with Crippen LogP contribution >= 0.6 is 0 Å². The summed E-state index contributed by atoms with van der Waals surface area (Å²) in [7, 11) is 0. The number of fused-ring (bicyclic) bond motifs is 5. The summed E-state index contributed by atoms with van der Waals surface area (Å²) in [6, 6.07) is 0. The summed E-state index contributed by atoms with van der Waals surface area (Å²) in [6.45, 7) is 6.51. The lowest BCUT2D eigenvalue weighted by Crippen LogP contribution is -2.22. The van der Waals surface area contributed by atoms with E-state index in [-0.39, 0.29) is 0 Å². The molecule has 1 N–H and O–H groups in total. The molecule has 0 spiro atoms. The molecule has 3 aliphatic carbocycles. The van der Waals surface area contributed by atoms with E-state index in [1.807, 2.05) is 6.20 Å². The minimum Gasteiger partial charge on any atom is -0.445 e. The van der Waals surface area contributed by atoms with Crippen molar-refractivity contribution in [2.24, 2.45) is 29.6 Å². The third-order valence-corrected chi connectivity index (χ3v) is 5.70. The van der Waals surface area contributed by atoms with Gasteiger partial charge in [-0.15, -0.1) is 0 Å². The van der Waals surface area contributed by atoms with Crippen LogP contribution in [0, 0.1) is 29.6 Å². The van der Waals surface area contributed by atoms with E-state index in [1.165, 1.54) is 25.0 Å². The lowest BCUT2D eigenvalue weighted by atomic mass is 10.0. The van der Waals surface area contributed by atoms with Crippen LogP contribution in [0.25, 0.3) is 0 Å². The van der Waals surface area contributed by atoms with E-state index in [0.717, 1.165) is 55.0 Å². The number of nitrogens with zero attached hydrogens (tertiary/aromatic N) is 1. The highest BCUT2D eigenvalue weighted by Crippen LogP contribution is 2.73. The van der Waals surface area contributed by atoms with Crippen molar-refractivity contribution in [3.8, 4) is 0 Å². The Bertz CT molecular complexity index is 465. The first-order valence-corrected chi connectivity index (χ1v) is 8.39. The van der Waals surface area contributed by atoms with E-state index in [9.17, 15) is 0 Å². The number of hydrogen-bond donors (Lipinski definition) is 1. The molecule has 2 bridgehead atoms. The standard InChI is InChI=1S/C17H26N2O/c1-10(2)8-18-6-5-14-19-9-13(20-14)17-15-11-3-4-12(7-11)16(15)17/h9-12,15-18H,3-8H2,1-2H3. The molecule has 0 aliphatic heterocycles. The molecule has 110 valence electrons. The van der Waals surface area contributed by atoms with Crippen LogP contribution < -0.4 is 5.32 Å². The van der Waals surface area contributed by atoms with E-state index in [4.69, 9.17) is 4.42 Å². The van der Waals surface area contributed by atoms with Crippen molar-refractivity contribution in [2.75, 3.05) is 13.1 Å². The van der Waals surface area contributed by atoms with Crippen molar-refractivity contribution in [1.82, 2.24) is 10.3 Å². The molecule has 3 nitrogen and oxygen atoms in total. The molecule has 0 saturated heterocycles. The van der Waals surface area contributed by atoms with Gasteiger partial charge in [0.2, 0.25) is 0 Å². The number of aromatic nitrogens is 1. The molecule has 1 aromatic heterocycles. The molecule has 1 aromatic rings. The van der Waals surface area contributed by atoms with Gasteiger partial charge in [-0.2, -0.15) is 0 Å². The molecule has 4 unspecified atom stereocenters. The third-order valence-electron chi connectivity index (χ3n) is 5.70. The molecule has 1 heterocycles. The molecule has 3 saturated carbocycles. The molecule has 0 aromatic carbocycles. The average molecular weight is 274 g/mol. The van der Waals surface area contributed by atoms with E-state index >= 15 is 0 Å². The zero-order valence-corrected chi connectivity index (χ0v) is 12.6. The van der Waals surface area contributed by atoms with Gasteiger partial charge >= 0.3 is 0 Å². The zero-order chi connectivity index (χ0) is 13.7. The molecule has 3 fully saturated rings. The van der Waals surface area contributed by atoms with Crippen LogP contribution in [0.5, 0.6) is 0 Å². The second-order valence-electron chi connectivity index (χ2n) is 7.52. The molecule has 3 heteroatoms. The highest BCUT2D eigenvalue weighted by atomic mass is 16.4. The normalized spacial score (nSPS) is 37.6. The fourth-order valence-electron chi connectivity index (χ4n) is 4.89. The van der Waals surface area contributed by atoms with Crippen LogP contribution in [-0.4, -0.2) is 18.1 Å². The number of oxazole rings is 1. The van der Waals surface area contributed by atoms with Crippen molar-refractivity contribution < 1.29 is 4.42 Å². The van der Waals surface area contributed by atoms with Gasteiger partial charge in [-0.3, -0.25) is 0 Å². The summed E-state index contributed by atoms with van der Waals surface area (Å²) in [5.74, 6) is 7.47. The van der Waals surface area contributed by atoms with Gasteiger partial charge in [-0.1, -0.05) is 13.8 Å². The Morgan fingerprint density at radius 2 is 2.05 bits per heavy atom. The third kappa shape index (κ3) is 2.11. The molecule has 4 rings (SSSR count). The van der Waals surface area contributed by atoms with E-state index in [0.29, 0.717) is 5.92 Å². The smallest absolute Gasteiger partial charge is 0.195 e. The summed E-state index contributed by atoms with van der Waals surface area (Å²) in [5, 5.41) is 3.45. The Morgan fingerprint density at radius 1 is 1.30 bits per heavy atom. The van der Waals surface area contributed by atoms with Crippen LogP contribution in [-0.2, 0) is 6.42 Å². The maximum absolute atomic E-state index is 6.02. The van der Waals surface area contributed by atoms with Gasteiger partial charge in [0.15, 0.2) is 5.89 Å². The molecule has 0 amide bonds. The van der Waals surface area contributed by atoms with Crippen molar-refractivity contribution in [1.29, 1.82) is 0 Å². The minimum absolute atomic E-state index is 0.705. The predicted molar refractivity (Wildman–Crippen MR) is 78.5 cm³/mol. The average Bonchev–Trinajstić information content (AvgIpc) is 2.84. The summed E-state index contributed by atoms with van der Waals surface area (Å²) >= 11 is 0. The highest BCUT2D eigenvalue weighted by molar-refractivity contribution is 5.25. The van der Waals surface area contributed by atoms with E-state index < -0.39 is 0 Å². The second-order valence-corrected chi connectivity index (χ2v) is 7.52. The monoisotopic (exact) mass is 274 g/mol. The lowest BCUT2D eigenvalue weighted by molar-refractivity contribution is 0.412. The molecule has 0 radical (unpaired) electrons. The molecule has 4 atom stereocenters. The van der Waals surface area contributed by atoms with Crippen LogP contribution in [0.3, 0.4) is 0 Å². The predicted octanol–water partition coefficient (Wildman–Crippen LogP) is 3.22. The zero-order valence-electron chi connectivity index (χ0n) is 12.6. The lowest BCUT2D eigenvalue weighted by Gasteiger charge is -2.06. The fourth-order valence-corrected chi connectivity index (χ4v) is 4.89. The first-order valence-electron chi connectivity index (χ1n) is 8.39. The maximum atomic E-state index is 6.02. The summed E-state index contributed by atoms with van der Waals surface area (Å²) in [6.07, 6.45) is 7.39. The summed E-state index contributed by atoms with van der Waals surface area (Å²) < 4.78 is 6.02. The Labute approximate surface area is 121 Å². The van der Waals surface area contributed by atoms with Gasteiger partial charge in [-0.25, -0.2) is 4.98 Å². The molecule has 3 aliphatic rings. The summed E-state index contributed by atoms with van der Waals surface area (Å²) in [4.78, 5) is 4.49. The number of nitrogens with one attached hydrogen (secondary N) is 1. The number of rotatable bonds is 6. The van der Waals surface area contributed by atoms with Gasteiger partial charge in [0, 0.05) is 18.9 Å². The largest absolute Gasteiger partial charge is 0.445 e. The minimum atomic E-state index is 0.705. The van der Waals surface area contributed by atoms with Crippen molar-refractivity contribution in [3.05, 3.63) is 17.8 Å². The molecular weight excluding hydrogens is 248 g/mol. The van der Waals surface area contributed by atoms with Gasteiger partial charge in [-0.05, 0) is 55.4 Å². The fraction of sp³-hybridized carbons (Fsp3) is 0.824. The van der Waals surface area contributed by atoms with Crippen LogP contribution in [0.1, 0.15) is 50.7 Å². The van der Waals surface area contributed by atoms with Gasteiger partial charge in [0.1, 0.15) is 5.76 Å². The Morgan fingerprint density at radius 3 is 2.75 bits per heavy atom. The van der Waals surface area contributed by atoms with E-state index in [1.54, 1.807) is 0 Å². The van der Waals surface area contributed by atoms with Crippen molar-refractivity contribution in [3.63, 3.8) is 0 Å². The quantitative estimate of drug-likeness (QED) is 0.809. The van der Waals surface area contributed by atoms with Gasteiger partial charge in [0.25, 0.3) is 0 Å². The maximum Gasteiger partial charge on any atom is 0.195 e. The Hall–Kier alpha value is -0.830. The number of hydrogen-bond acceptors (Lipinski definition) is 3. The van der Waals surface area contributed by atoms with Gasteiger partial charge in [0.05, 0.1) is 6.20 Å². The summed E-state index contributed by atoms with van der Waals surface area (Å²) in [5.41, 5.74) is 0. The van der Waals surface area contributed by atoms with E-state index in [2.05, 4.69) is 24.1 Å².